The topological polar surface area (TPSA) is 53.1 Å². The van der Waals surface area contributed by atoms with Crippen LogP contribution in [0.15, 0.2) is 24.3 Å². The molecule has 28 heavy (non-hydrogen) atoms. The Morgan fingerprint density at radius 1 is 1.14 bits per heavy atom. The molecular formula is C21H30ClN3O3. The van der Waals surface area contributed by atoms with Crippen LogP contribution in [-0.2, 0) is 14.3 Å². The summed E-state index contributed by atoms with van der Waals surface area (Å²) in [5.74, 6) is -0.0898. The first-order chi connectivity index (χ1) is 13.6. The average molecular weight is 408 g/mol. The van der Waals surface area contributed by atoms with Crippen molar-refractivity contribution in [3.63, 3.8) is 0 Å². The maximum Gasteiger partial charge on any atom is 0.305 e. The fourth-order valence-electron chi connectivity index (χ4n) is 4.14. The SMILES string of the molecule is COC(=O)CCCC(=O)N1CCC[C@@H](N2CCN(c3cccc(Cl)c3)CC2)C1. The summed E-state index contributed by atoms with van der Waals surface area (Å²) in [6.07, 6.45) is 3.48. The number of amides is 1. The van der Waals surface area contributed by atoms with E-state index in [1.54, 1.807) is 0 Å². The van der Waals surface area contributed by atoms with Crippen molar-refractivity contribution in [1.29, 1.82) is 0 Å². The average Bonchev–Trinajstić information content (AvgIpc) is 2.73. The third kappa shape index (κ3) is 5.61. The molecule has 7 heteroatoms. The van der Waals surface area contributed by atoms with Crippen LogP contribution in [0.4, 0.5) is 5.69 Å². The summed E-state index contributed by atoms with van der Waals surface area (Å²) in [6.45, 7) is 5.58. The van der Waals surface area contributed by atoms with Crippen molar-refractivity contribution in [1.82, 2.24) is 9.80 Å². The monoisotopic (exact) mass is 407 g/mol. The predicted molar refractivity (Wildman–Crippen MR) is 111 cm³/mol. The van der Waals surface area contributed by atoms with Crippen LogP contribution < -0.4 is 4.90 Å². The summed E-state index contributed by atoms with van der Waals surface area (Å²) in [4.78, 5) is 30.6. The highest BCUT2D eigenvalue weighted by molar-refractivity contribution is 6.30. The number of carbonyl (C=O) groups excluding carboxylic acids is 2. The van der Waals surface area contributed by atoms with Crippen LogP contribution in [0.1, 0.15) is 32.1 Å². The van der Waals surface area contributed by atoms with Crippen LogP contribution in [0, 0.1) is 0 Å². The predicted octanol–water partition coefficient (Wildman–Crippen LogP) is 2.80. The van der Waals surface area contributed by atoms with Gasteiger partial charge in [0.05, 0.1) is 7.11 Å². The summed E-state index contributed by atoms with van der Waals surface area (Å²) in [5.41, 5.74) is 1.18. The zero-order valence-corrected chi connectivity index (χ0v) is 17.4. The minimum atomic E-state index is -0.248. The van der Waals surface area contributed by atoms with Crippen LogP contribution in [0.5, 0.6) is 0 Å². The summed E-state index contributed by atoms with van der Waals surface area (Å²) in [5, 5.41) is 0.772. The molecule has 1 amide bonds. The van der Waals surface area contributed by atoms with Gasteiger partial charge in [-0.3, -0.25) is 14.5 Å². The number of nitrogens with zero attached hydrogens (tertiary/aromatic N) is 3. The van der Waals surface area contributed by atoms with Crippen LogP contribution in [0.3, 0.4) is 0 Å². The molecule has 1 aromatic rings. The van der Waals surface area contributed by atoms with E-state index in [1.165, 1.54) is 12.8 Å². The van der Waals surface area contributed by atoms with E-state index < -0.39 is 0 Å². The highest BCUT2D eigenvalue weighted by Gasteiger charge is 2.29. The highest BCUT2D eigenvalue weighted by Crippen LogP contribution is 2.23. The van der Waals surface area contributed by atoms with Gasteiger partial charge in [-0.05, 0) is 37.5 Å². The fourth-order valence-corrected chi connectivity index (χ4v) is 4.33. The fraction of sp³-hybridized carbons (Fsp3) is 0.619. The van der Waals surface area contributed by atoms with Gasteiger partial charge in [-0.1, -0.05) is 17.7 Å². The summed E-state index contributed by atoms with van der Waals surface area (Å²) >= 11 is 6.12. The number of hydrogen-bond acceptors (Lipinski definition) is 5. The van der Waals surface area contributed by atoms with E-state index in [2.05, 4.69) is 20.6 Å². The number of carbonyl (C=O) groups is 2. The number of methoxy groups -OCH3 is 1. The molecule has 2 heterocycles. The second-order valence-electron chi connectivity index (χ2n) is 7.57. The van der Waals surface area contributed by atoms with Crippen molar-refractivity contribution < 1.29 is 14.3 Å². The number of piperazine rings is 1. The lowest BCUT2D eigenvalue weighted by Gasteiger charge is -2.44. The van der Waals surface area contributed by atoms with E-state index in [9.17, 15) is 9.59 Å². The van der Waals surface area contributed by atoms with Gasteiger partial charge in [-0.15, -0.1) is 0 Å². The van der Waals surface area contributed by atoms with Crippen LogP contribution >= 0.6 is 11.6 Å². The van der Waals surface area contributed by atoms with E-state index in [1.807, 2.05) is 23.1 Å². The first-order valence-electron chi connectivity index (χ1n) is 10.2. The Morgan fingerprint density at radius 2 is 1.93 bits per heavy atom. The molecular weight excluding hydrogens is 378 g/mol. The third-order valence-corrected chi connectivity index (χ3v) is 5.99. The number of hydrogen-bond donors (Lipinski definition) is 0. The van der Waals surface area contributed by atoms with E-state index in [-0.39, 0.29) is 11.9 Å². The molecule has 0 bridgehead atoms. The number of ether oxygens (including phenoxy) is 1. The number of halogens is 1. The molecule has 2 aliphatic rings. The molecule has 0 aromatic heterocycles. The molecule has 1 aromatic carbocycles. The molecule has 0 saturated carbocycles. The lowest BCUT2D eigenvalue weighted by molar-refractivity contribution is -0.141. The lowest BCUT2D eigenvalue weighted by atomic mass is 10.0. The molecule has 2 aliphatic heterocycles. The van der Waals surface area contributed by atoms with Gasteiger partial charge < -0.3 is 14.5 Å². The Morgan fingerprint density at radius 3 is 2.64 bits per heavy atom. The second kappa shape index (κ2) is 10.1. The molecule has 0 aliphatic carbocycles. The van der Waals surface area contributed by atoms with Crippen molar-refractivity contribution in [3.8, 4) is 0 Å². The Hall–Kier alpha value is -1.79. The Bertz CT molecular complexity index is 677. The van der Waals surface area contributed by atoms with E-state index in [4.69, 9.17) is 11.6 Å². The van der Waals surface area contributed by atoms with Gasteiger partial charge >= 0.3 is 5.97 Å². The normalized spacial score (nSPS) is 20.9. The quantitative estimate of drug-likeness (QED) is 0.679. The highest BCUT2D eigenvalue weighted by atomic mass is 35.5. The second-order valence-corrected chi connectivity index (χ2v) is 8.00. The van der Waals surface area contributed by atoms with Crippen molar-refractivity contribution in [2.45, 2.75) is 38.1 Å². The van der Waals surface area contributed by atoms with Gasteiger partial charge in [-0.2, -0.15) is 0 Å². The Labute approximate surface area is 172 Å². The van der Waals surface area contributed by atoms with Crippen molar-refractivity contribution in [2.24, 2.45) is 0 Å². The van der Waals surface area contributed by atoms with Crippen molar-refractivity contribution >= 4 is 29.2 Å². The molecule has 3 rings (SSSR count). The van der Waals surface area contributed by atoms with Gasteiger partial charge in [0.2, 0.25) is 5.91 Å². The Balaban J connectivity index is 1.46. The minimum absolute atomic E-state index is 0.158. The van der Waals surface area contributed by atoms with Gasteiger partial charge in [0.1, 0.15) is 0 Å². The third-order valence-electron chi connectivity index (χ3n) is 5.75. The zero-order chi connectivity index (χ0) is 19.9. The lowest BCUT2D eigenvalue weighted by Crippen LogP contribution is -2.55. The van der Waals surface area contributed by atoms with Crippen molar-refractivity contribution in [3.05, 3.63) is 29.3 Å². The Kier molecular flexibility index (Phi) is 7.57. The van der Waals surface area contributed by atoms with Gasteiger partial charge in [0.15, 0.2) is 0 Å². The number of anilines is 1. The number of benzene rings is 1. The molecule has 0 unspecified atom stereocenters. The minimum Gasteiger partial charge on any atom is -0.469 e. The van der Waals surface area contributed by atoms with Crippen LogP contribution in [0.2, 0.25) is 5.02 Å². The maximum absolute atomic E-state index is 12.5. The smallest absolute Gasteiger partial charge is 0.305 e. The van der Waals surface area contributed by atoms with Gasteiger partial charge in [0.25, 0.3) is 0 Å². The first kappa shape index (κ1) is 20.9. The van der Waals surface area contributed by atoms with E-state index in [0.717, 1.165) is 57.1 Å². The largest absolute Gasteiger partial charge is 0.469 e. The molecule has 6 nitrogen and oxygen atoms in total. The maximum atomic E-state index is 12.5. The summed E-state index contributed by atoms with van der Waals surface area (Å²) in [7, 11) is 1.38. The zero-order valence-electron chi connectivity index (χ0n) is 16.6. The molecule has 2 fully saturated rings. The summed E-state index contributed by atoms with van der Waals surface area (Å²) in [6, 6.07) is 8.46. The van der Waals surface area contributed by atoms with E-state index in [0.29, 0.717) is 25.3 Å². The van der Waals surface area contributed by atoms with Gasteiger partial charge in [0, 0.05) is 68.9 Å². The summed E-state index contributed by atoms with van der Waals surface area (Å²) < 4.78 is 4.64. The molecule has 0 N–H and O–H groups in total. The number of esters is 1. The first-order valence-corrected chi connectivity index (χ1v) is 10.5. The van der Waals surface area contributed by atoms with Crippen molar-refractivity contribution in [2.75, 3.05) is 51.3 Å². The molecule has 154 valence electrons. The number of rotatable bonds is 6. The van der Waals surface area contributed by atoms with E-state index >= 15 is 0 Å². The number of piperidine rings is 1. The molecule has 0 radical (unpaired) electrons. The molecule has 2 saturated heterocycles. The number of likely N-dealkylation sites (tertiary alicyclic amines) is 1. The van der Waals surface area contributed by atoms with Crippen LogP contribution in [0.25, 0.3) is 0 Å². The molecule has 1 atom stereocenters. The molecule has 0 spiro atoms. The van der Waals surface area contributed by atoms with Gasteiger partial charge in [-0.25, -0.2) is 0 Å². The standard InChI is InChI=1S/C21H30ClN3O3/c1-28-21(27)9-3-8-20(26)25-10-4-7-19(16-25)24-13-11-23(12-14-24)18-6-2-5-17(22)15-18/h2,5-6,15,19H,3-4,7-14,16H2,1H3/t19-/m1/s1. The van der Waals surface area contributed by atoms with Crippen LogP contribution in [-0.4, -0.2) is 74.1 Å².